The molecule has 0 unspecified atom stereocenters. The fourth-order valence-electron chi connectivity index (χ4n) is 3.54. The number of pyridine rings is 2. The van der Waals surface area contributed by atoms with Crippen LogP contribution >= 0.6 is 0 Å². The molecular weight excluding hydrogens is 368 g/mol. The van der Waals surface area contributed by atoms with E-state index in [2.05, 4.69) is 11.1 Å². The fraction of sp³-hybridized carbons (Fsp3) is 0.136. The van der Waals surface area contributed by atoms with Crippen LogP contribution in [0, 0.1) is 18.3 Å². The Labute approximate surface area is 166 Å². The third kappa shape index (κ3) is 3.21. The van der Waals surface area contributed by atoms with E-state index in [9.17, 15) is 15.2 Å². The van der Waals surface area contributed by atoms with E-state index in [-0.39, 0.29) is 22.8 Å². The summed E-state index contributed by atoms with van der Waals surface area (Å²) in [6.45, 7) is 2.10. The van der Waals surface area contributed by atoms with Crippen LogP contribution in [0.1, 0.15) is 28.4 Å². The number of rotatable bonds is 3. The van der Waals surface area contributed by atoms with Gasteiger partial charge in [-0.2, -0.15) is 5.26 Å². The first-order chi connectivity index (χ1) is 14.0. The second-order valence-corrected chi connectivity index (χ2v) is 6.79. The second kappa shape index (κ2) is 7.17. The van der Waals surface area contributed by atoms with Crippen molar-refractivity contribution in [3.05, 3.63) is 99.1 Å². The average molecular weight is 386 g/mol. The van der Waals surface area contributed by atoms with Crippen LogP contribution in [-0.2, 0) is 6.54 Å². The maximum atomic E-state index is 13.5. The van der Waals surface area contributed by atoms with E-state index in [0.717, 1.165) is 5.69 Å². The number of benzene rings is 1. The van der Waals surface area contributed by atoms with E-state index in [1.807, 2.05) is 25.1 Å². The van der Waals surface area contributed by atoms with Crippen LogP contribution in [0.25, 0.3) is 0 Å². The van der Waals surface area contributed by atoms with Crippen molar-refractivity contribution in [2.45, 2.75) is 19.4 Å². The van der Waals surface area contributed by atoms with Gasteiger partial charge in [-0.1, -0.05) is 18.2 Å². The van der Waals surface area contributed by atoms with E-state index in [1.54, 1.807) is 29.0 Å². The van der Waals surface area contributed by atoms with Crippen molar-refractivity contribution in [3.8, 4) is 17.6 Å². The molecule has 3 N–H and O–H groups in total. The van der Waals surface area contributed by atoms with Crippen LogP contribution < -0.4 is 16.0 Å². The molecule has 0 fully saturated rings. The summed E-state index contributed by atoms with van der Waals surface area (Å²) >= 11 is 0. The number of aromatic nitrogens is 2. The maximum absolute atomic E-state index is 13.5. The number of nitriles is 1. The highest BCUT2D eigenvalue weighted by Crippen LogP contribution is 2.40. The molecule has 4 rings (SSSR count). The predicted molar refractivity (Wildman–Crippen MR) is 106 cm³/mol. The molecule has 7 heteroatoms. The summed E-state index contributed by atoms with van der Waals surface area (Å²) in [4.78, 5) is 17.8. The van der Waals surface area contributed by atoms with Gasteiger partial charge in [0, 0.05) is 18.0 Å². The van der Waals surface area contributed by atoms with Crippen molar-refractivity contribution >= 4 is 0 Å². The average Bonchev–Trinajstić information content (AvgIpc) is 2.71. The summed E-state index contributed by atoms with van der Waals surface area (Å²) in [6.07, 6.45) is 1.67. The Hall–Kier alpha value is -4.05. The lowest BCUT2D eigenvalue weighted by molar-refractivity contribution is 0.389. The summed E-state index contributed by atoms with van der Waals surface area (Å²) < 4.78 is 7.24. The molecule has 0 amide bonds. The first-order valence-electron chi connectivity index (χ1n) is 9.00. The zero-order valence-electron chi connectivity index (χ0n) is 15.7. The van der Waals surface area contributed by atoms with Gasteiger partial charge in [0.2, 0.25) is 5.88 Å². The number of phenols is 1. The van der Waals surface area contributed by atoms with Gasteiger partial charge in [0.05, 0.1) is 23.7 Å². The summed E-state index contributed by atoms with van der Waals surface area (Å²) in [6, 6.07) is 15.7. The lowest BCUT2D eigenvalue weighted by Gasteiger charge is -2.27. The van der Waals surface area contributed by atoms with E-state index in [4.69, 9.17) is 10.5 Å². The molecule has 2 aromatic heterocycles. The maximum Gasteiger partial charge on any atom is 0.259 e. The number of aryl methyl sites for hydroxylation is 1. The lowest BCUT2D eigenvalue weighted by Crippen LogP contribution is -2.33. The highest BCUT2D eigenvalue weighted by Gasteiger charge is 2.34. The molecular formula is C22H18N4O3. The quantitative estimate of drug-likeness (QED) is 0.715. The second-order valence-electron chi connectivity index (χ2n) is 6.79. The van der Waals surface area contributed by atoms with Crippen LogP contribution in [0.4, 0.5) is 0 Å². The molecule has 0 saturated heterocycles. The van der Waals surface area contributed by atoms with Gasteiger partial charge in [0.15, 0.2) is 0 Å². The zero-order chi connectivity index (χ0) is 20.5. The van der Waals surface area contributed by atoms with Crippen molar-refractivity contribution < 1.29 is 9.84 Å². The number of ether oxygens (including phenoxy) is 1. The van der Waals surface area contributed by atoms with Gasteiger partial charge in [0.1, 0.15) is 23.1 Å². The molecule has 1 atom stereocenters. The Kier molecular flexibility index (Phi) is 4.53. The van der Waals surface area contributed by atoms with Crippen LogP contribution in [0.5, 0.6) is 11.5 Å². The summed E-state index contributed by atoms with van der Waals surface area (Å²) in [5.41, 5.74) is 8.31. The number of nitrogens with zero attached hydrogens (tertiary/aromatic N) is 3. The molecule has 144 valence electrons. The molecule has 0 saturated carbocycles. The largest absolute Gasteiger partial charge is 0.508 e. The van der Waals surface area contributed by atoms with Crippen molar-refractivity contribution in [1.82, 2.24) is 9.55 Å². The van der Waals surface area contributed by atoms with Crippen molar-refractivity contribution in [1.29, 1.82) is 5.26 Å². The molecule has 1 aliphatic rings. The summed E-state index contributed by atoms with van der Waals surface area (Å²) in [5, 5.41) is 19.3. The van der Waals surface area contributed by atoms with Crippen molar-refractivity contribution in [3.63, 3.8) is 0 Å². The van der Waals surface area contributed by atoms with Gasteiger partial charge >= 0.3 is 0 Å². The summed E-state index contributed by atoms with van der Waals surface area (Å²) in [5.74, 6) is -0.293. The van der Waals surface area contributed by atoms with Gasteiger partial charge in [-0.25, -0.2) is 0 Å². The monoisotopic (exact) mass is 386 g/mol. The molecule has 3 aromatic rings. The van der Waals surface area contributed by atoms with Crippen LogP contribution in [0.2, 0.25) is 0 Å². The number of aromatic hydroxyl groups is 1. The molecule has 29 heavy (non-hydrogen) atoms. The Morgan fingerprint density at radius 3 is 2.69 bits per heavy atom. The standard InChI is InChI=1S/C22H18N4O3/c1-13-10-18-20(22(28)26(13)12-15-4-2-3-9-25-15)19(17(11-23)21(24)29-18)14-5-7-16(27)8-6-14/h2-10,19,27H,12,24H2,1H3/t19-/m1/s1. The molecule has 0 spiro atoms. The third-order valence-electron chi connectivity index (χ3n) is 4.96. The number of hydrogen-bond donors (Lipinski definition) is 2. The van der Waals surface area contributed by atoms with E-state index in [0.29, 0.717) is 29.1 Å². The smallest absolute Gasteiger partial charge is 0.259 e. The highest BCUT2D eigenvalue weighted by molar-refractivity contribution is 5.55. The number of phenolic OH excluding ortho intramolecular Hbond substituents is 1. The van der Waals surface area contributed by atoms with Crippen molar-refractivity contribution in [2.24, 2.45) is 5.73 Å². The SMILES string of the molecule is Cc1cc2c(c(=O)n1Cc1ccccn1)[C@H](c1ccc(O)cc1)C(C#N)=C(N)O2. The van der Waals surface area contributed by atoms with E-state index >= 15 is 0 Å². The number of allylic oxidation sites excluding steroid dienone is 1. The molecule has 1 aliphatic heterocycles. The van der Waals surface area contributed by atoms with Crippen molar-refractivity contribution in [2.75, 3.05) is 0 Å². The van der Waals surface area contributed by atoms with Gasteiger partial charge in [0.25, 0.3) is 5.56 Å². The van der Waals surface area contributed by atoms with E-state index < -0.39 is 5.92 Å². The minimum Gasteiger partial charge on any atom is -0.508 e. The predicted octanol–water partition coefficient (Wildman–Crippen LogP) is 2.52. The van der Waals surface area contributed by atoms with Crippen LogP contribution in [-0.4, -0.2) is 14.7 Å². The number of nitrogens with two attached hydrogens (primary N) is 1. The minimum atomic E-state index is -0.688. The fourth-order valence-corrected chi connectivity index (χ4v) is 3.54. The first-order valence-corrected chi connectivity index (χ1v) is 9.00. The number of fused-ring (bicyclic) bond motifs is 1. The molecule has 0 radical (unpaired) electrons. The van der Waals surface area contributed by atoms with E-state index in [1.165, 1.54) is 12.1 Å². The first kappa shape index (κ1) is 18.3. The topological polar surface area (TPSA) is 114 Å². The molecule has 1 aromatic carbocycles. The lowest BCUT2D eigenvalue weighted by atomic mass is 9.84. The van der Waals surface area contributed by atoms with Gasteiger partial charge in [-0.05, 0) is 36.8 Å². The molecule has 3 heterocycles. The van der Waals surface area contributed by atoms with Gasteiger partial charge in [-0.15, -0.1) is 0 Å². The normalized spacial score (nSPS) is 15.4. The Morgan fingerprint density at radius 1 is 1.28 bits per heavy atom. The highest BCUT2D eigenvalue weighted by atomic mass is 16.5. The van der Waals surface area contributed by atoms with Gasteiger partial charge in [-0.3, -0.25) is 9.78 Å². The zero-order valence-corrected chi connectivity index (χ0v) is 15.7. The van der Waals surface area contributed by atoms with Gasteiger partial charge < -0.3 is 20.1 Å². The van der Waals surface area contributed by atoms with Crippen LogP contribution in [0.15, 0.2) is 71.0 Å². The molecule has 7 nitrogen and oxygen atoms in total. The minimum absolute atomic E-state index is 0.0284. The third-order valence-corrected chi connectivity index (χ3v) is 4.96. The Morgan fingerprint density at radius 2 is 2.03 bits per heavy atom. The molecule has 0 bridgehead atoms. The Bertz CT molecular complexity index is 1210. The molecule has 0 aliphatic carbocycles. The van der Waals surface area contributed by atoms with Crippen LogP contribution in [0.3, 0.4) is 0 Å². The number of hydrogen-bond acceptors (Lipinski definition) is 6. The summed E-state index contributed by atoms with van der Waals surface area (Å²) in [7, 11) is 0. The Balaban J connectivity index is 1.92.